The van der Waals surface area contributed by atoms with Gasteiger partial charge in [-0.25, -0.2) is 9.78 Å². The van der Waals surface area contributed by atoms with Gasteiger partial charge in [-0.15, -0.1) is 102 Å². The summed E-state index contributed by atoms with van der Waals surface area (Å²) in [6.45, 7) is 28.3. The summed E-state index contributed by atoms with van der Waals surface area (Å²) in [5, 5.41) is 0. The standard InChI is InChI=1S/C26H36O6S3.C24H19F13S3.C20H26OS3Si/c1-19-7-9-23(33-19)25-21(6-5-11-29-16-17-32-28-4)22(18-31-15-14-30-13-12-27-3)26(35-25)24-10-8-20(2)34-24;1-11-6-8-15(38-11)17-13(3)14(18(40-17)16-9-7-12(2)39-16)5-4-10-19(25,26)20(27,28)21(29,30)22(31,32)23(33,34)24(35,36)37;1-13-7-9-17(22-13)19-15(3)16(11-12-21-25(4,5)6)20(24-19)18-10-8-14(2)23-18/h7-10H,5-6,11-18H2,1-4H3;6-9H,4-5,10H2,1-3H3;7-10H,11-12H2,1-6H3. The van der Waals surface area contributed by atoms with E-state index in [1.807, 2.05) is 81.0 Å². The van der Waals surface area contributed by atoms with E-state index >= 15 is 0 Å². The Morgan fingerprint density at radius 1 is 0.340 bits per heavy atom. The number of alkyl halides is 13. The van der Waals surface area contributed by atoms with Crippen molar-refractivity contribution in [2.45, 2.75) is 156 Å². The topological polar surface area (TPSA) is 64.6 Å². The van der Waals surface area contributed by atoms with E-state index in [2.05, 4.69) is 108 Å². The predicted molar refractivity (Wildman–Crippen MR) is 392 cm³/mol. The number of hydrogen-bond acceptors (Lipinski definition) is 16. The van der Waals surface area contributed by atoms with Crippen molar-refractivity contribution in [1.82, 2.24) is 0 Å². The molecule has 9 aromatic heterocycles. The van der Waals surface area contributed by atoms with Gasteiger partial charge in [-0.05, 0) is 208 Å². The molecule has 9 heterocycles. The predicted octanol–water partition coefficient (Wildman–Crippen LogP) is 25.2. The molecule has 9 aromatic rings. The molecule has 0 aliphatic heterocycles. The van der Waals surface area contributed by atoms with Crippen molar-refractivity contribution in [3.05, 3.63) is 135 Å². The van der Waals surface area contributed by atoms with Gasteiger partial charge in [0.15, 0.2) is 8.32 Å². The van der Waals surface area contributed by atoms with E-state index < -0.39 is 63.4 Å². The van der Waals surface area contributed by atoms with Crippen LogP contribution in [-0.2, 0) is 59.0 Å². The molecule has 9 rings (SSSR count). The van der Waals surface area contributed by atoms with Crippen LogP contribution in [0.4, 0.5) is 57.1 Å². The van der Waals surface area contributed by atoms with E-state index in [1.165, 1.54) is 122 Å². The fourth-order valence-electron chi connectivity index (χ4n) is 10.3. The highest BCUT2D eigenvalue weighted by Crippen LogP contribution is 2.61. The summed E-state index contributed by atoms with van der Waals surface area (Å²) in [7, 11) is 1.72. The lowest BCUT2D eigenvalue weighted by Gasteiger charge is -2.39. The summed E-state index contributed by atoms with van der Waals surface area (Å²) in [5.41, 5.74) is 6.54. The SMILES string of the molecule is COCCOCCOCc1c(-c2ccc(C)s2)sc(-c2ccc(C)s2)c1CCCOCCOOC.Cc1ccc(-c2sc(-c3ccc(C)s3)c(CCCC(F)(F)C(F)(F)C(F)(F)C(F)(F)C(F)(F)C(F)(F)F)c2C)s1.Cc1ccc(-c2sc(-c3ccc(C)s3)c(CCO[Si](C)(C)C)c2C)s1. The van der Waals surface area contributed by atoms with Crippen LogP contribution in [0.25, 0.3) is 58.5 Å². The molecule has 7 nitrogen and oxygen atoms in total. The third kappa shape index (κ3) is 20.7. The second-order valence-electron chi connectivity index (χ2n) is 24.3. The zero-order valence-electron chi connectivity index (χ0n) is 57.5. The summed E-state index contributed by atoms with van der Waals surface area (Å²) in [6, 6.07) is 25.0. The molecule has 0 amide bonds. The number of ether oxygens (including phenoxy) is 4. The minimum absolute atomic E-state index is 0.396. The molecule has 0 aliphatic rings. The van der Waals surface area contributed by atoms with Crippen molar-refractivity contribution in [2.24, 2.45) is 0 Å². The molecular formula is C70H81F13O7S9Si. The molecule has 0 N–H and O–H groups in total. The molecule has 0 fully saturated rings. The lowest BCUT2D eigenvalue weighted by Crippen LogP contribution is -2.70. The first-order valence-corrected chi connectivity index (χ1v) is 42.4. The minimum Gasteiger partial charge on any atom is -0.417 e. The quantitative estimate of drug-likeness (QED) is 0.0131. The monoisotopic (exact) mass is 1600 g/mol. The Morgan fingerprint density at radius 2 is 0.690 bits per heavy atom. The lowest BCUT2D eigenvalue weighted by molar-refractivity contribution is -0.440. The van der Waals surface area contributed by atoms with Gasteiger partial charge in [0.25, 0.3) is 0 Å². The molecule has 0 radical (unpaired) electrons. The molecule has 100 heavy (non-hydrogen) atoms. The van der Waals surface area contributed by atoms with Gasteiger partial charge in [0.1, 0.15) is 6.61 Å². The zero-order valence-corrected chi connectivity index (χ0v) is 65.8. The van der Waals surface area contributed by atoms with Crippen molar-refractivity contribution in [2.75, 3.05) is 67.1 Å². The first kappa shape index (κ1) is 83.6. The maximum absolute atomic E-state index is 14.3. The van der Waals surface area contributed by atoms with Gasteiger partial charge >= 0.3 is 35.8 Å². The van der Waals surface area contributed by atoms with Crippen molar-refractivity contribution in [3.63, 3.8) is 0 Å². The van der Waals surface area contributed by atoms with Gasteiger partial charge in [-0.2, -0.15) is 57.1 Å². The molecule has 0 aromatic carbocycles. The summed E-state index contributed by atoms with van der Waals surface area (Å²) in [6.07, 6.45) is -8.18. The first-order valence-electron chi connectivity index (χ1n) is 31.6. The summed E-state index contributed by atoms with van der Waals surface area (Å²) >= 11 is 15.3. The van der Waals surface area contributed by atoms with Crippen LogP contribution in [-0.4, -0.2) is 111 Å². The fourth-order valence-corrected chi connectivity index (χ4v) is 21.2. The van der Waals surface area contributed by atoms with Crippen molar-refractivity contribution in [1.29, 1.82) is 0 Å². The zero-order chi connectivity index (χ0) is 73.8. The van der Waals surface area contributed by atoms with E-state index in [4.69, 9.17) is 28.3 Å². The molecule has 0 bridgehead atoms. The molecule has 0 atom stereocenters. The molecule has 0 saturated heterocycles. The average molecular weight is 1600 g/mol. The summed E-state index contributed by atoms with van der Waals surface area (Å²) < 4.78 is 203. The van der Waals surface area contributed by atoms with Crippen molar-refractivity contribution in [3.8, 4) is 58.5 Å². The highest BCUT2D eigenvalue weighted by Gasteiger charge is 2.90. The van der Waals surface area contributed by atoms with Crippen LogP contribution >= 0.6 is 102 Å². The molecule has 0 saturated carbocycles. The highest BCUT2D eigenvalue weighted by molar-refractivity contribution is 7.28. The number of aryl methyl sites for hydroxylation is 6. The van der Waals surface area contributed by atoms with Gasteiger partial charge in [0.05, 0.1) is 51.6 Å². The van der Waals surface area contributed by atoms with Crippen molar-refractivity contribution < 1.29 is 90.2 Å². The maximum Gasteiger partial charge on any atom is 0.460 e. The normalized spacial score (nSPS) is 12.8. The fraction of sp³-hybridized carbons (Fsp3) is 0.486. The summed E-state index contributed by atoms with van der Waals surface area (Å²) in [4.78, 5) is 30.5. The van der Waals surface area contributed by atoms with Crippen LogP contribution in [0.15, 0.2) is 72.8 Å². The lowest BCUT2D eigenvalue weighted by atomic mass is 9.91. The molecular weight excluding hydrogens is 1520 g/mol. The van der Waals surface area contributed by atoms with Crippen molar-refractivity contribution >= 4 is 110 Å². The van der Waals surface area contributed by atoms with Crippen LogP contribution in [0.1, 0.15) is 81.9 Å². The largest absolute Gasteiger partial charge is 0.460 e. The average Bonchev–Trinajstić information content (AvgIpc) is 1.29. The van der Waals surface area contributed by atoms with E-state index in [0.717, 1.165) is 45.4 Å². The van der Waals surface area contributed by atoms with Gasteiger partial charge in [0, 0.05) is 115 Å². The highest BCUT2D eigenvalue weighted by atomic mass is 32.1. The Labute approximate surface area is 612 Å². The second-order valence-corrected chi connectivity index (χ2v) is 39.6. The summed E-state index contributed by atoms with van der Waals surface area (Å²) in [5.74, 6) is -36.7. The number of halogens is 13. The van der Waals surface area contributed by atoms with Gasteiger partial charge < -0.3 is 23.4 Å². The Hall–Kier alpha value is -3.67. The van der Waals surface area contributed by atoms with Gasteiger partial charge in [-0.1, -0.05) is 0 Å². The third-order valence-electron chi connectivity index (χ3n) is 15.4. The van der Waals surface area contributed by atoms with Gasteiger partial charge in [-0.3, -0.25) is 0 Å². The Balaban J connectivity index is 0.000000216. The van der Waals surface area contributed by atoms with Crippen LogP contribution in [0.2, 0.25) is 19.6 Å². The second kappa shape index (κ2) is 36.1. The van der Waals surface area contributed by atoms with Crippen LogP contribution in [0.3, 0.4) is 0 Å². The molecule has 0 aliphatic carbocycles. The maximum atomic E-state index is 14.3. The molecule has 0 spiro atoms. The first-order chi connectivity index (χ1) is 46.9. The van der Waals surface area contributed by atoms with E-state index in [0.29, 0.717) is 73.7 Å². The van der Waals surface area contributed by atoms with E-state index in [-0.39, 0.29) is 0 Å². The van der Waals surface area contributed by atoms with Crippen LogP contribution < -0.4 is 0 Å². The molecule has 30 heteroatoms. The number of rotatable bonds is 34. The number of hydrogen-bond donors (Lipinski definition) is 0. The van der Waals surface area contributed by atoms with Crippen LogP contribution in [0, 0.1) is 55.4 Å². The minimum atomic E-state index is -7.88. The molecule has 0 unspecified atom stereocenters. The van der Waals surface area contributed by atoms with E-state index in [9.17, 15) is 57.1 Å². The smallest absolute Gasteiger partial charge is 0.417 e. The Kier molecular flexibility index (Phi) is 30.2. The molecule has 552 valence electrons. The number of methoxy groups -OCH3 is 1. The van der Waals surface area contributed by atoms with Crippen LogP contribution in [0.5, 0.6) is 0 Å². The van der Waals surface area contributed by atoms with Gasteiger partial charge in [0.2, 0.25) is 0 Å². The third-order valence-corrected chi connectivity index (χ3v) is 27.5. The Bertz CT molecular complexity index is 3950. The number of thiophene rings is 9. The Morgan fingerprint density at radius 3 is 1.09 bits per heavy atom. The van der Waals surface area contributed by atoms with E-state index in [1.54, 1.807) is 39.2 Å².